The molecule has 0 amide bonds. The molecule has 0 aliphatic carbocycles. The Morgan fingerprint density at radius 1 is 0.917 bits per heavy atom. The number of pyridine rings is 1. The first kappa shape index (κ1) is 36.3. The van der Waals surface area contributed by atoms with Crippen molar-refractivity contribution in [2.45, 2.75) is 99.8 Å². The zero-order chi connectivity index (χ0) is 34.2. The molecule has 4 aliphatic rings. The second kappa shape index (κ2) is 17.1. The van der Waals surface area contributed by atoms with E-state index in [-0.39, 0.29) is 24.1 Å². The predicted octanol–water partition coefficient (Wildman–Crippen LogP) is 2.38. The molecule has 0 saturated carbocycles. The highest BCUT2D eigenvalue weighted by molar-refractivity contribution is 9.09. The highest BCUT2D eigenvalue weighted by Crippen LogP contribution is 2.37. The average molecular weight is 774 g/mol. The summed E-state index contributed by atoms with van der Waals surface area (Å²) in [7, 11) is 0. The largest absolute Gasteiger partial charge is 0.473 e. The lowest BCUT2D eigenvalue weighted by atomic mass is 9.99. The summed E-state index contributed by atoms with van der Waals surface area (Å²) in [6.07, 6.45) is 7.90. The van der Waals surface area contributed by atoms with Crippen molar-refractivity contribution in [1.82, 2.24) is 38.6 Å². The Kier molecular flexibility index (Phi) is 12.9. The predicted molar refractivity (Wildman–Crippen MR) is 178 cm³/mol. The lowest BCUT2D eigenvalue weighted by molar-refractivity contribution is -0.159. The minimum Gasteiger partial charge on any atom is -0.473 e. The van der Waals surface area contributed by atoms with Crippen LogP contribution in [0.2, 0.25) is 0 Å². The third-order valence-corrected chi connectivity index (χ3v) is 10.9. The van der Waals surface area contributed by atoms with Gasteiger partial charge in [-0.25, -0.2) is 33.5 Å². The fourth-order valence-corrected chi connectivity index (χ4v) is 8.39. The lowest BCUT2D eigenvalue weighted by Gasteiger charge is -2.38. The first-order chi connectivity index (χ1) is 23.2. The maximum atomic E-state index is 13.7. The van der Waals surface area contributed by atoms with E-state index in [4.69, 9.17) is 24.5 Å². The van der Waals surface area contributed by atoms with Crippen molar-refractivity contribution in [2.75, 3.05) is 23.4 Å². The molecule has 15 nitrogen and oxygen atoms in total. The first-order valence-electron chi connectivity index (χ1n) is 15.8. The number of halogens is 2. The van der Waals surface area contributed by atoms with Crippen molar-refractivity contribution in [3.8, 4) is 0 Å². The van der Waals surface area contributed by atoms with Gasteiger partial charge in [0, 0.05) is 73.4 Å². The van der Waals surface area contributed by atoms with Crippen molar-refractivity contribution in [2.24, 2.45) is 0 Å². The van der Waals surface area contributed by atoms with Gasteiger partial charge in [-0.2, -0.15) is 4.39 Å². The van der Waals surface area contributed by atoms with Gasteiger partial charge < -0.3 is 14.9 Å². The van der Waals surface area contributed by atoms with E-state index >= 15 is 0 Å². The minimum atomic E-state index is -1.82. The molecule has 2 saturated heterocycles. The van der Waals surface area contributed by atoms with Crippen LogP contribution >= 0.6 is 39.5 Å². The van der Waals surface area contributed by atoms with Crippen LogP contribution in [-0.2, 0) is 47.1 Å². The number of carbonyl (C=O) groups is 2. The van der Waals surface area contributed by atoms with E-state index in [1.165, 1.54) is 19.0 Å². The summed E-state index contributed by atoms with van der Waals surface area (Å²) < 4.78 is 26.5. The molecule has 48 heavy (non-hydrogen) atoms. The summed E-state index contributed by atoms with van der Waals surface area (Å²) in [6.45, 7) is 4.25. The molecule has 4 aliphatic heterocycles. The Labute approximate surface area is 292 Å². The van der Waals surface area contributed by atoms with Crippen LogP contribution in [0.25, 0.3) is 0 Å². The van der Waals surface area contributed by atoms with Gasteiger partial charge in [-0.15, -0.1) is 10.2 Å². The third-order valence-electron chi connectivity index (χ3n) is 8.49. The van der Waals surface area contributed by atoms with E-state index < -0.39 is 17.9 Å². The number of ether oxygens (including phenoxy) is 1. The molecule has 0 radical (unpaired) electrons. The topological polar surface area (TPSA) is 180 Å². The van der Waals surface area contributed by atoms with Gasteiger partial charge in [-0.1, -0.05) is 45.5 Å². The SMILES string of the molecule is O=C(O)C(=O)O.O=c1n(CCCBr)nc2n1CCS2.O=c1n(CCCN2C3CCC2CC(OCc2cccnc2F)C3)nc2n1CCS2. The molecule has 7 heterocycles. The molecule has 0 aromatic carbocycles. The van der Waals surface area contributed by atoms with E-state index in [0.717, 1.165) is 72.5 Å². The Morgan fingerprint density at radius 3 is 1.98 bits per heavy atom. The van der Waals surface area contributed by atoms with Crippen LogP contribution in [-0.4, -0.2) is 102 Å². The summed E-state index contributed by atoms with van der Waals surface area (Å²) in [5.74, 6) is -2.15. The van der Waals surface area contributed by atoms with E-state index in [1.807, 2.05) is 0 Å². The number of fused-ring (bicyclic) bond motifs is 4. The molecule has 2 bridgehead atoms. The lowest BCUT2D eigenvalue weighted by Crippen LogP contribution is -2.46. The van der Waals surface area contributed by atoms with E-state index in [9.17, 15) is 14.0 Å². The summed E-state index contributed by atoms with van der Waals surface area (Å²) in [5.41, 5.74) is 0.599. The highest BCUT2D eigenvalue weighted by atomic mass is 79.9. The number of aromatic nitrogens is 7. The zero-order valence-electron chi connectivity index (χ0n) is 26.2. The van der Waals surface area contributed by atoms with Crippen molar-refractivity contribution >= 4 is 51.4 Å². The molecule has 2 fully saturated rings. The number of carboxylic acid groups (broad SMARTS) is 2. The van der Waals surface area contributed by atoms with Gasteiger partial charge in [-0.05, 0) is 44.6 Å². The fraction of sp³-hybridized carbons (Fsp3) is 0.621. The number of rotatable bonds is 10. The van der Waals surface area contributed by atoms with Gasteiger partial charge in [0.25, 0.3) is 0 Å². The molecule has 19 heteroatoms. The van der Waals surface area contributed by atoms with Crippen molar-refractivity contribution in [3.63, 3.8) is 0 Å². The summed E-state index contributed by atoms with van der Waals surface area (Å²) in [5, 5.41) is 26.1. The van der Waals surface area contributed by atoms with Crippen molar-refractivity contribution < 1.29 is 28.9 Å². The number of nitrogens with zero attached hydrogens (tertiary/aromatic N) is 8. The molecular formula is C29H38BrFN8O7S2. The Morgan fingerprint density at radius 2 is 1.48 bits per heavy atom. The quantitative estimate of drug-likeness (QED) is 0.175. The number of carboxylic acids is 2. The van der Waals surface area contributed by atoms with Crippen molar-refractivity contribution in [1.29, 1.82) is 0 Å². The van der Waals surface area contributed by atoms with Crippen LogP contribution in [0.15, 0.2) is 38.2 Å². The normalized spacial score (nSPS) is 20.8. The molecule has 2 N–H and O–H groups in total. The highest BCUT2D eigenvalue weighted by Gasteiger charge is 2.40. The van der Waals surface area contributed by atoms with E-state index in [2.05, 4.69) is 36.0 Å². The van der Waals surface area contributed by atoms with Crippen LogP contribution in [0.3, 0.4) is 0 Å². The first-order valence-corrected chi connectivity index (χ1v) is 18.8. The van der Waals surface area contributed by atoms with Gasteiger partial charge in [0.1, 0.15) is 0 Å². The Balaban J connectivity index is 0.000000196. The number of alkyl halides is 1. The molecule has 3 aromatic rings. The molecule has 3 aromatic heterocycles. The molecule has 2 unspecified atom stereocenters. The van der Waals surface area contributed by atoms with Gasteiger partial charge >= 0.3 is 23.3 Å². The van der Waals surface area contributed by atoms with Gasteiger partial charge in [0.05, 0.1) is 12.7 Å². The van der Waals surface area contributed by atoms with Crippen molar-refractivity contribution in [3.05, 3.63) is 50.8 Å². The van der Waals surface area contributed by atoms with Crippen LogP contribution in [0.4, 0.5) is 4.39 Å². The van der Waals surface area contributed by atoms with Crippen LogP contribution < -0.4 is 11.4 Å². The van der Waals surface area contributed by atoms with E-state index in [1.54, 1.807) is 54.2 Å². The number of thioether (sulfide) groups is 2. The molecule has 7 rings (SSSR count). The number of hydrogen-bond donors (Lipinski definition) is 2. The number of piperidine rings is 1. The number of aryl methyl sites for hydroxylation is 2. The third kappa shape index (κ3) is 8.96. The smallest absolute Gasteiger partial charge is 0.414 e. The van der Waals surface area contributed by atoms with Gasteiger partial charge in [0.2, 0.25) is 5.95 Å². The van der Waals surface area contributed by atoms with Gasteiger partial charge in [0.15, 0.2) is 10.3 Å². The number of hydrogen-bond acceptors (Lipinski definition) is 11. The Hall–Kier alpha value is -3.00. The maximum Gasteiger partial charge on any atom is 0.414 e. The minimum absolute atomic E-state index is 0.0303. The monoisotopic (exact) mass is 772 g/mol. The Bertz CT molecular complexity index is 1670. The second-order valence-corrected chi connectivity index (χ2v) is 14.5. The standard InChI is InChI=1S/C20H26FN5O2S.C7H10BrN3OS.C2H2O4/c21-18-14(3-1-6-22-18)13-28-17-11-15-4-5-16(12-17)24(15)7-2-8-26-20(27)25-9-10-29-19(25)23-26;8-2-1-3-11-7(12)10-4-5-13-6(10)9-11;3-1(4)2(5)6/h1,3,6,15-17H,2,4-5,7-13H2;1-5H2;(H,3,4)(H,5,6). The summed E-state index contributed by atoms with van der Waals surface area (Å²) in [6, 6.07) is 4.53. The van der Waals surface area contributed by atoms with E-state index in [0.29, 0.717) is 30.7 Å². The fourth-order valence-electron chi connectivity index (χ4n) is 6.26. The zero-order valence-corrected chi connectivity index (χ0v) is 29.4. The number of aliphatic carboxylic acids is 2. The van der Waals surface area contributed by atoms with Crippen LogP contribution in [0, 0.1) is 5.95 Å². The second-order valence-electron chi connectivity index (χ2n) is 11.6. The average Bonchev–Trinajstić information content (AvgIpc) is 3.88. The molecule has 0 spiro atoms. The summed E-state index contributed by atoms with van der Waals surface area (Å²) >= 11 is 6.65. The molecule has 262 valence electrons. The van der Waals surface area contributed by atoms with Gasteiger partial charge in [-0.3, -0.25) is 14.0 Å². The molecule has 2 atom stereocenters. The van der Waals surface area contributed by atoms with Crippen LogP contribution in [0.5, 0.6) is 0 Å². The maximum absolute atomic E-state index is 13.7. The van der Waals surface area contributed by atoms with Crippen LogP contribution in [0.1, 0.15) is 44.1 Å². The molecular weight excluding hydrogens is 735 g/mol. The summed E-state index contributed by atoms with van der Waals surface area (Å²) in [4.78, 5) is 48.4.